The van der Waals surface area contributed by atoms with Crippen molar-refractivity contribution in [1.82, 2.24) is 9.97 Å². The molecule has 1 aromatic heterocycles. The molecule has 84 valence electrons. The maximum atomic E-state index is 12.3. The summed E-state index contributed by atoms with van der Waals surface area (Å²) >= 11 is 4.60. The van der Waals surface area contributed by atoms with Gasteiger partial charge >= 0.3 is 5.57 Å². The van der Waals surface area contributed by atoms with Crippen molar-refractivity contribution in [2.75, 3.05) is 24.7 Å². The Morgan fingerprint density at radius 3 is 2.47 bits per heavy atom. The van der Waals surface area contributed by atoms with Crippen LogP contribution in [0, 0.1) is 0 Å². The minimum absolute atomic E-state index is 0.151. The molecule has 0 aliphatic heterocycles. The molecule has 1 aromatic rings. The van der Waals surface area contributed by atoms with Crippen LogP contribution in [0.25, 0.3) is 0 Å². The molecular weight excluding hydrogens is 230 g/mol. The van der Waals surface area contributed by atoms with Crippen LogP contribution in [0.2, 0.25) is 0 Å². The third kappa shape index (κ3) is 3.70. The minimum Gasteiger partial charge on any atom is -0.402 e. The number of anilines is 2. The summed E-state index contributed by atoms with van der Waals surface area (Å²) in [6.45, 7) is 0. The molecule has 0 saturated heterocycles. The second-order valence-corrected chi connectivity index (χ2v) is 2.90. The SMILES string of the molecule is CNc1cc(OC(F)(F)Cl)nc(NC)n1. The Morgan fingerprint density at radius 1 is 1.33 bits per heavy atom. The van der Waals surface area contributed by atoms with E-state index in [1.165, 1.54) is 6.07 Å². The Kier molecular flexibility index (Phi) is 3.46. The van der Waals surface area contributed by atoms with Gasteiger partial charge in [-0.15, -0.1) is 8.78 Å². The van der Waals surface area contributed by atoms with Gasteiger partial charge in [0.05, 0.1) is 0 Å². The Morgan fingerprint density at radius 2 is 2.00 bits per heavy atom. The van der Waals surface area contributed by atoms with Crippen LogP contribution in [0.15, 0.2) is 6.07 Å². The van der Waals surface area contributed by atoms with E-state index < -0.39 is 5.57 Å². The molecule has 1 rings (SSSR count). The molecule has 0 aliphatic rings. The minimum atomic E-state index is -3.79. The third-order valence-electron chi connectivity index (χ3n) is 1.40. The molecule has 2 N–H and O–H groups in total. The second kappa shape index (κ2) is 4.43. The first kappa shape index (κ1) is 11.7. The van der Waals surface area contributed by atoms with Gasteiger partial charge in [-0.3, -0.25) is 0 Å². The molecule has 0 spiro atoms. The van der Waals surface area contributed by atoms with Crippen LogP contribution in [-0.4, -0.2) is 29.6 Å². The zero-order valence-electron chi connectivity index (χ0n) is 8.01. The van der Waals surface area contributed by atoms with Crippen LogP contribution < -0.4 is 15.4 Å². The number of hydrogen-bond acceptors (Lipinski definition) is 5. The number of aromatic nitrogens is 2. The van der Waals surface area contributed by atoms with E-state index in [0.717, 1.165) is 0 Å². The second-order valence-electron chi connectivity index (χ2n) is 2.46. The summed E-state index contributed by atoms with van der Waals surface area (Å²) in [5, 5.41) is 5.27. The molecule has 0 radical (unpaired) electrons. The molecule has 0 atom stereocenters. The van der Waals surface area contributed by atoms with E-state index in [1.54, 1.807) is 14.1 Å². The molecule has 0 unspecified atom stereocenters. The summed E-state index contributed by atoms with van der Waals surface area (Å²) in [5.41, 5.74) is -3.79. The van der Waals surface area contributed by atoms with Crippen molar-refractivity contribution in [2.45, 2.75) is 5.57 Å². The van der Waals surface area contributed by atoms with Gasteiger partial charge in [0.1, 0.15) is 5.82 Å². The third-order valence-corrected chi connectivity index (χ3v) is 1.48. The van der Waals surface area contributed by atoms with Crippen molar-refractivity contribution in [3.8, 4) is 5.88 Å². The van der Waals surface area contributed by atoms with Crippen molar-refractivity contribution in [2.24, 2.45) is 0 Å². The fourth-order valence-corrected chi connectivity index (χ4v) is 0.915. The van der Waals surface area contributed by atoms with Gasteiger partial charge in [-0.1, -0.05) is 0 Å². The maximum absolute atomic E-state index is 12.3. The molecule has 8 heteroatoms. The van der Waals surface area contributed by atoms with Gasteiger partial charge in [-0.2, -0.15) is 9.97 Å². The van der Waals surface area contributed by atoms with E-state index in [9.17, 15) is 8.78 Å². The normalized spacial score (nSPS) is 11.0. The van der Waals surface area contributed by atoms with Gasteiger partial charge in [-0.05, 0) is 0 Å². The molecule has 15 heavy (non-hydrogen) atoms. The number of nitrogens with one attached hydrogen (secondary N) is 2. The first-order valence-electron chi connectivity index (χ1n) is 3.95. The quantitative estimate of drug-likeness (QED) is 0.783. The predicted molar refractivity (Wildman–Crippen MR) is 52.6 cm³/mol. The highest BCUT2D eigenvalue weighted by molar-refractivity contribution is 6.20. The van der Waals surface area contributed by atoms with Crippen molar-refractivity contribution < 1.29 is 13.5 Å². The van der Waals surface area contributed by atoms with E-state index in [-0.39, 0.29) is 11.8 Å². The molecule has 0 saturated carbocycles. The van der Waals surface area contributed by atoms with Gasteiger partial charge in [-0.25, -0.2) is 0 Å². The first-order valence-corrected chi connectivity index (χ1v) is 4.32. The summed E-state index contributed by atoms with van der Waals surface area (Å²) in [4.78, 5) is 7.54. The Labute approximate surface area is 89.8 Å². The van der Waals surface area contributed by atoms with Gasteiger partial charge < -0.3 is 15.4 Å². The van der Waals surface area contributed by atoms with Gasteiger partial charge in [0, 0.05) is 31.8 Å². The molecule has 0 aromatic carbocycles. The Balaban J connectivity index is 2.97. The van der Waals surface area contributed by atoms with Crippen LogP contribution in [-0.2, 0) is 0 Å². The average molecular weight is 239 g/mol. The molecule has 1 heterocycles. The lowest BCUT2D eigenvalue weighted by Gasteiger charge is -2.11. The summed E-state index contributed by atoms with van der Waals surface area (Å²) in [6.07, 6.45) is 0. The van der Waals surface area contributed by atoms with Crippen LogP contribution >= 0.6 is 11.6 Å². The smallest absolute Gasteiger partial charge is 0.402 e. The van der Waals surface area contributed by atoms with Crippen LogP contribution in [0.4, 0.5) is 20.5 Å². The molecule has 0 bridgehead atoms. The van der Waals surface area contributed by atoms with Crippen molar-refractivity contribution in [3.05, 3.63) is 6.07 Å². The number of alkyl halides is 3. The lowest BCUT2D eigenvalue weighted by atomic mass is 10.5. The summed E-state index contributed by atoms with van der Waals surface area (Å²) in [5.74, 6) is 0.168. The number of halogens is 3. The molecule has 0 aliphatic carbocycles. The van der Waals surface area contributed by atoms with Crippen molar-refractivity contribution in [3.63, 3.8) is 0 Å². The summed E-state index contributed by atoms with van der Waals surface area (Å²) in [7, 11) is 3.14. The summed E-state index contributed by atoms with van der Waals surface area (Å²) in [6, 6.07) is 1.21. The van der Waals surface area contributed by atoms with Gasteiger partial charge in [0.25, 0.3) is 0 Å². The Hall–Kier alpha value is -1.37. The zero-order chi connectivity index (χ0) is 11.5. The monoisotopic (exact) mass is 238 g/mol. The van der Waals surface area contributed by atoms with Gasteiger partial charge in [0.2, 0.25) is 11.8 Å². The highest BCUT2D eigenvalue weighted by atomic mass is 35.5. The standard InChI is InChI=1S/C7H9ClF2N4O/c1-11-4-3-5(15-7(8,9)10)14-6(12-2)13-4/h3H,1-2H3,(H2,11,12,13,14). The zero-order valence-corrected chi connectivity index (χ0v) is 8.77. The Bertz CT molecular complexity index is 322. The van der Waals surface area contributed by atoms with Crippen LogP contribution in [0.1, 0.15) is 0 Å². The predicted octanol–water partition coefficient (Wildman–Crippen LogP) is 1.73. The van der Waals surface area contributed by atoms with Crippen molar-refractivity contribution >= 4 is 23.4 Å². The fourth-order valence-electron chi connectivity index (χ4n) is 0.836. The molecule has 0 fully saturated rings. The highest BCUT2D eigenvalue weighted by Crippen LogP contribution is 2.25. The first-order chi connectivity index (χ1) is 6.94. The number of rotatable bonds is 4. The molecule has 5 nitrogen and oxygen atoms in total. The van der Waals surface area contributed by atoms with Crippen LogP contribution in [0.5, 0.6) is 5.88 Å². The lowest BCUT2D eigenvalue weighted by Crippen LogP contribution is -2.17. The van der Waals surface area contributed by atoms with E-state index >= 15 is 0 Å². The highest BCUT2D eigenvalue weighted by Gasteiger charge is 2.28. The number of hydrogen-bond donors (Lipinski definition) is 2. The van der Waals surface area contributed by atoms with Crippen molar-refractivity contribution in [1.29, 1.82) is 0 Å². The summed E-state index contributed by atoms with van der Waals surface area (Å²) < 4.78 is 28.7. The molecule has 0 amide bonds. The lowest BCUT2D eigenvalue weighted by molar-refractivity contribution is -0.0990. The van der Waals surface area contributed by atoms with E-state index in [4.69, 9.17) is 0 Å². The van der Waals surface area contributed by atoms with E-state index in [1.807, 2.05) is 0 Å². The van der Waals surface area contributed by atoms with Gasteiger partial charge in [0.15, 0.2) is 0 Å². The molecular formula is C7H9ClF2N4O. The van der Waals surface area contributed by atoms with E-state index in [2.05, 4.69) is 36.9 Å². The number of ether oxygens (including phenoxy) is 1. The average Bonchev–Trinajstić information content (AvgIpc) is 2.14. The van der Waals surface area contributed by atoms with Crippen LogP contribution in [0.3, 0.4) is 0 Å². The maximum Gasteiger partial charge on any atom is 0.488 e. The number of nitrogens with zero attached hydrogens (tertiary/aromatic N) is 2. The fraction of sp³-hybridized carbons (Fsp3) is 0.429. The topological polar surface area (TPSA) is 59.1 Å². The van der Waals surface area contributed by atoms with E-state index in [0.29, 0.717) is 5.82 Å². The largest absolute Gasteiger partial charge is 0.488 e.